The second-order valence-corrected chi connectivity index (χ2v) is 3.94. The molecular formula is C10H20N2O2. The van der Waals surface area contributed by atoms with Crippen molar-refractivity contribution in [2.45, 2.75) is 38.1 Å². The van der Waals surface area contributed by atoms with Crippen molar-refractivity contribution in [2.75, 3.05) is 19.7 Å². The number of rotatable bonds is 6. The van der Waals surface area contributed by atoms with Crippen LogP contribution in [0, 0.1) is 0 Å². The van der Waals surface area contributed by atoms with Crippen LogP contribution < -0.4 is 10.6 Å². The molecule has 0 aromatic rings. The maximum Gasteiger partial charge on any atom is 0.221 e. The van der Waals surface area contributed by atoms with E-state index in [1.54, 1.807) is 0 Å². The Balaban J connectivity index is 2.18. The number of hydrogen-bond acceptors (Lipinski definition) is 3. The highest BCUT2D eigenvalue weighted by molar-refractivity contribution is 5.77. The van der Waals surface area contributed by atoms with Gasteiger partial charge in [0.15, 0.2) is 0 Å². The Morgan fingerprint density at radius 1 is 1.50 bits per heavy atom. The molecule has 1 aliphatic rings. The molecule has 3 N–H and O–H groups in total. The summed E-state index contributed by atoms with van der Waals surface area (Å²) >= 11 is 0. The molecule has 82 valence electrons. The van der Waals surface area contributed by atoms with Gasteiger partial charge in [-0.3, -0.25) is 4.79 Å². The van der Waals surface area contributed by atoms with Crippen LogP contribution in [0.5, 0.6) is 0 Å². The first kappa shape index (κ1) is 11.5. The molecular weight excluding hydrogens is 180 g/mol. The summed E-state index contributed by atoms with van der Waals surface area (Å²) in [6.45, 7) is 3.68. The van der Waals surface area contributed by atoms with Crippen molar-refractivity contribution < 1.29 is 9.90 Å². The molecule has 0 unspecified atom stereocenters. The third-order valence-electron chi connectivity index (χ3n) is 2.80. The van der Waals surface area contributed by atoms with Crippen molar-refractivity contribution in [1.82, 2.24) is 10.6 Å². The predicted molar refractivity (Wildman–Crippen MR) is 55.0 cm³/mol. The average molecular weight is 200 g/mol. The Morgan fingerprint density at radius 2 is 2.21 bits per heavy atom. The minimum Gasteiger partial charge on any atom is -0.394 e. The van der Waals surface area contributed by atoms with Gasteiger partial charge < -0.3 is 15.7 Å². The Morgan fingerprint density at radius 3 is 2.64 bits per heavy atom. The second kappa shape index (κ2) is 5.32. The standard InChI is InChI=1S/C10H20N2O2/c1-2-11-7-4-9(14)12-10(8-13)5-3-6-10/h11,13H,2-8H2,1H3,(H,12,14). The Hall–Kier alpha value is -0.610. The number of amides is 1. The second-order valence-electron chi connectivity index (χ2n) is 3.94. The maximum absolute atomic E-state index is 11.4. The zero-order chi connectivity index (χ0) is 10.4. The highest BCUT2D eigenvalue weighted by Crippen LogP contribution is 2.31. The molecule has 0 aromatic carbocycles. The van der Waals surface area contributed by atoms with Gasteiger partial charge in [-0.05, 0) is 25.8 Å². The molecule has 0 saturated heterocycles. The highest BCUT2D eigenvalue weighted by atomic mass is 16.3. The molecule has 14 heavy (non-hydrogen) atoms. The molecule has 4 heteroatoms. The quantitative estimate of drug-likeness (QED) is 0.530. The number of carbonyl (C=O) groups excluding carboxylic acids is 1. The first-order valence-corrected chi connectivity index (χ1v) is 5.35. The Kier molecular flexibility index (Phi) is 4.35. The van der Waals surface area contributed by atoms with E-state index in [2.05, 4.69) is 10.6 Å². The normalized spacial score (nSPS) is 18.7. The summed E-state index contributed by atoms with van der Waals surface area (Å²) in [6, 6.07) is 0. The van der Waals surface area contributed by atoms with Gasteiger partial charge in [0.1, 0.15) is 0 Å². The number of carbonyl (C=O) groups is 1. The van der Waals surface area contributed by atoms with Crippen LogP contribution in [0.3, 0.4) is 0 Å². The number of aliphatic hydroxyl groups excluding tert-OH is 1. The van der Waals surface area contributed by atoms with E-state index in [0.717, 1.165) is 25.8 Å². The lowest BCUT2D eigenvalue weighted by molar-refractivity contribution is -0.124. The number of aliphatic hydroxyl groups is 1. The first-order valence-electron chi connectivity index (χ1n) is 5.35. The summed E-state index contributed by atoms with van der Waals surface area (Å²) in [4.78, 5) is 11.4. The zero-order valence-corrected chi connectivity index (χ0v) is 8.81. The van der Waals surface area contributed by atoms with E-state index in [9.17, 15) is 4.79 Å². The van der Waals surface area contributed by atoms with Gasteiger partial charge in [0, 0.05) is 13.0 Å². The van der Waals surface area contributed by atoms with Crippen molar-refractivity contribution in [2.24, 2.45) is 0 Å². The maximum atomic E-state index is 11.4. The molecule has 1 fully saturated rings. The lowest BCUT2D eigenvalue weighted by atomic mass is 9.77. The van der Waals surface area contributed by atoms with E-state index in [4.69, 9.17) is 5.11 Å². The molecule has 1 saturated carbocycles. The molecule has 1 aliphatic carbocycles. The fourth-order valence-electron chi connectivity index (χ4n) is 1.66. The third-order valence-corrected chi connectivity index (χ3v) is 2.80. The van der Waals surface area contributed by atoms with Gasteiger partial charge in [-0.2, -0.15) is 0 Å². The van der Waals surface area contributed by atoms with E-state index in [0.29, 0.717) is 13.0 Å². The van der Waals surface area contributed by atoms with E-state index >= 15 is 0 Å². The molecule has 4 nitrogen and oxygen atoms in total. The van der Waals surface area contributed by atoms with Crippen LogP contribution in [-0.2, 0) is 4.79 Å². The van der Waals surface area contributed by atoms with Crippen LogP contribution in [0.1, 0.15) is 32.6 Å². The van der Waals surface area contributed by atoms with Gasteiger partial charge >= 0.3 is 0 Å². The molecule has 0 spiro atoms. The van der Waals surface area contributed by atoms with Gasteiger partial charge in [-0.25, -0.2) is 0 Å². The molecule has 1 rings (SSSR count). The SMILES string of the molecule is CCNCCC(=O)NC1(CO)CCC1. The molecule has 0 bridgehead atoms. The minimum atomic E-state index is -0.288. The van der Waals surface area contributed by atoms with Crippen molar-refractivity contribution >= 4 is 5.91 Å². The molecule has 0 atom stereocenters. The van der Waals surface area contributed by atoms with Gasteiger partial charge in [-0.1, -0.05) is 6.92 Å². The lowest BCUT2D eigenvalue weighted by Gasteiger charge is -2.41. The average Bonchev–Trinajstić information content (AvgIpc) is 2.12. The molecule has 0 radical (unpaired) electrons. The van der Waals surface area contributed by atoms with Crippen molar-refractivity contribution in [3.63, 3.8) is 0 Å². The van der Waals surface area contributed by atoms with Gasteiger partial charge in [0.25, 0.3) is 0 Å². The predicted octanol–water partition coefficient (Wildman–Crippen LogP) is 0.0172. The van der Waals surface area contributed by atoms with Crippen LogP contribution in [0.2, 0.25) is 0 Å². The van der Waals surface area contributed by atoms with Gasteiger partial charge in [-0.15, -0.1) is 0 Å². The fourth-order valence-corrected chi connectivity index (χ4v) is 1.66. The third kappa shape index (κ3) is 2.96. The molecule has 0 aliphatic heterocycles. The van der Waals surface area contributed by atoms with Crippen molar-refractivity contribution in [1.29, 1.82) is 0 Å². The largest absolute Gasteiger partial charge is 0.394 e. The summed E-state index contributed by atoms with van der Waals surface area (Å²) in [7, 11) is 0. The summed E-state index contributed by atoms with van der Waals surface area (Å²) < 4.78 is 0. The fraction of sp³-hybridized carbons (Fsp3) is 0.900. The van der Waals surface area contributed by atoms with Crippen LogP contribution in [0.4, 0.5) is 0 Å². The lowest BCUT2D eigenvalue weighted by Crippen LogP contribution is -2.56. The van der Waals surface area contributed by atoms with Crippen LogP contribution in [-0.4, -0.2) is 36.2 Å². The topological polar surface area (TPSA) is 61.4 Å². The number of nitrogens with one attached hydrogen (secondary N) is 2. The Bertz CT molecular complexity index is 185. The van der Waals surface area contributed by atoms with Crippen LogP contribution in [0.25, 0.3) is 0 Å². The summed E-state index contributed by atoms with van der Waals surface area (Å²) in [6.07, 6.45) is 3.43. The van der Waals surface area contributed by atoms with Gasteiger partial charge in [0.05, 0.1) is 12.1 Å². The van der Waals surface area contributed by atoms with Crippen molar-refractivity contribution in [3.8, 4) is 0 Å². The van der Waals surface area contributed by atoms with E-state index in [1.165, 1.54) is 0 Å². The number of hydrogen-bond donors (Lipinski definition) is 3. The summed E-state index contributed by atoms with van der Waals surface area (Å²) in [5, 5.41) is 15.1. The monoisotopic (exact) mass is 200 g/mol. The van der Waals surface area contributed by atoms with E-state index < -0.39 is 0 Å². The molecule has 0 heterocycles. The summed E-state index contributed by atoms with van der Waals surface area (Å²) in [5.41, 5.74) is -0.288. The highest BCUT2D eigenvalue weighted by Gasteiger charge is 2.37. The van der Waals surface area contributed by atoms with Crippen LogP contribution >= 0.6 is 0 Å². The Labute approximate surface area is 85.1 Å². The van der Waals surface area contributed by atoms with E-state index in [-0.39, 0.29) is 18.1 Å². The van der Waals surface area contributed by atoms with Crippen molar-refractivity contribution in [3.05, 3.63) is 0 Å². The summed E-state index contributed by atoms with van der Waals surface area (Å²) in [5.74, 6) is 0.0414. The molecule has 1 amide bonds. The van der Waals surface area contributed by atoms with Gasteiger partial charge in [0.2, 0.25) is 5.91 Å². The van der Waals surface area contributed by atoms with E-state index in [1.807, 2.05) is 6.92 Å². The molecule has 0 aromatic heterocycles. The minimum absolute atomic E-state index is 0.0414. The first-order chi connectivity index (χ1) is 6.72. The smallest absolute Gasteiger partial charge is 0.221 e. The van der Waals surface area contributed by atoms with Crippen LogP contribution in [0.15, 0.2) is 0 Å². The zero-order valence-electron chi connectivity index (χ0n) is 8.81.